The van der Waals surface area contributed by atoms with Crippen molar-refractivity contribution in [2.75, 3.05) is 0 Å². The van der Waals surface area contributed by atoms with Crippen LogP contribution in [0.25, 0.3) is 39.2 Å². The molecule has 164 valence electrons. The van der Waals surface area contributed by atoms with Gasteiger partial charge in [-0.25, -0.2) is 4.98 Å². The van der Waals surface area contributed by atoms with E-state index in [1.54, 1.807) is 24.4 Å². The molecule has 0 saturated carbocycles. The molecule has 3 aromatic heterocycles. The first-order valence-corrected chi connectivity index (χ1v) is 9.88. The molecule has 0 atom stereocenters. The van der Waals surface area contributed by atoms with Gasteiger partial charge in [-0.15, -0.1) is 0 Å². The lowest BCUT2D eigenvalue weighted by Crippen LogP contribution is -2.25. The van der Waals surface area contributed by atoms with Gasteiger partial charge in [-0.1, -0.05) is 12.1 Å². The van der Waals surface area contributed by atoms with E-state index in [-0.39, 0.29) is 11.2 Å². The monoisotopic (exact) mass is 448 g/mol. The van der Waals surface area contributed by atoms with Crippen molar-refractivity contribution in [2.45, 2.75) is 13.1 Å². The SMILES string of the molecule is Cc1cc(-c2cnco2)cc(-c2nn(-c3ccccc3C(F)(F)F)c(=O)c3ncccc23)c1. The van der Waals surface area contributed by atoms with E-state index in [4.69, 9.17) is 4.42 Å². The molecule has 0 fully saturated rings. The van der Waals surface area contributed by atoms with Crippen LogP contribution < -0.4 is 5.56 Å². The van der Waals surface area contributed by atoms with Crippen LogP contribution in [0.3, 0.4) is 0 Å². The largest absolute Gasteiger partial charge is 0.444 e. The molecule has 9 heteroatoms. The zero-order chi connectivity index (χ0) is 23.2. The Hall–Kier alpha value is -4.27. The van der Waals surface area contributed by atoms with E-state index in [1.807, 2.05) is 19.1 Å². The van der Waals surface area contributed by atoms with Crippen molar-refractivity contribution in [3.05, 3.63) is 94.9 Å². The molecule has 0 unspecified atom stereocenters. The van der Waals surface area contributed by atoms with Crippen molar-refractivity contribution in [1.29, 1.82) is 0 Å². The fourth-order valence-electron chi connectivity index (χ4n) is 3.76. The summed E-state index contributed by atoms with van der Waals surface area (Å²) in [5.74, 6) is 0.526. The van der Waals surface area contributed by atoms with Crippen molar-refractivity contribution in [3.63, 3.8) is 0 Å². The second-order valence-electron chi connectivity index (χ2n) is 7.43. The molecule has 0 aliphatic heterocycles. The third-order valence-electron chi connectivity index (χ3n) is 5.16. The Bertz CT molecular complexity index is 1540. The molecule has 0 N–H and O–H groups in total. The molecule has 0 aliphatic carbocycles. The molecule has 3 heterocycles. The molecule has 2 aromatic carbocycles. The zero-order valence-corrected chi connectivity index (χ0v) is 17.2. The summed E-state index contributed by atoms with van der Waals surface area (Å²) in [7, 11) is 0. The molecule has 0 amide bonds. The maximum Gasteiger partial charge on any atom is 0.418 e. The van der Waals surface area contributed by atoms with Crippen molar-refractivity contribution in [3.8, 4) is 28.3 Å². The summed E-state index contributed by atoms with van der Waals surface area (Å²) in [6.07, 6.45) is -0.376. The van der Waals surface area contributed by atoms with Crippen molar-refractivity contribution in [1.82, 2.24) is 19.7 Å². The highest BCUT2D eigenvalue weighted by atomic mass is 19.4. The number of nitrogens with zero attached hydrogens (tertiary/aromatic N) is 4. The Morgan fingerprint density at radius 1 is 1.00 bits per heavy atom. The molecular weight excluding hydrogens is 433 g/mol. The number of hydrogen-bond acceptors (Lipinski definition) is 5. The van der Waals surface area contributed by atoms with Gasteiger partial charge in [0.2, 0.25) is 0 Å². The van der Waals surface area contributed by atoms with E-state index in [1.165, 1.54) is 30.8 Å². The number of hydrogen-bond donors (Lipinski definition) is 0. The number of alkyl halides is 3. The number of benzene rings is 2. The Morgan fingerprint density at radius 2 is 1.79 bits per heavy atom. The Labute approximate surface area is 185 Å². The van der Waals surface area contributed by atoms with Crippen LogP contribution >= 0.6 is 0 Å². The van der Waals surface area contributed by atoms with Gasteiger partial charge in [0.1, 0.15) is 11.2 Å². The molecule has 0 aliphatic rings. The maximum absolute atomic E-state index is 13.7. The number of para-hydroxylation sites is 1. The molecule has 5 rings (SSSR count). The molecular formula is C24H15F3N4O2. The highest BCUT2D eigenvalue weighted by Gasteiger charge is 2.34. The number of halogens is 3. The number of aryl methyl sites for hydroxylation is 1. The summed E-state index contributed by atoms with van der Waals surface area (Å²) in [5, 5.41) is 4.82. The van der Waals surface area contributed by atoms with E-state index >= 15 is 0 Å². The van der Waals surface area contributed by atoms with Crippen LogP contribution in [0.2, 0.25) is 0 Å². The normalized spacial score (nSPS) is 11.8. The topological polar surface area (TPSA) is 73.8 Å². The molecule has 0 bridgehead atoms. The van der Waals surface area contributed by atoms with Gasteiger partial charge in [-0.05, 0) is 55.0 Å². The van der Waals surface area contributed by atoms with E-state index in [0.717, 1.165) is 21.9 Å². The quantitative estimate of drug-likeness (QED) is 0.368. The summed E-state index contributed by atoms with van der Waals surface area (Å²) in [4.78, 5) is 21.3. The maximum atomic E-state index is 13.7. The van der Waals surface area contributed by atoms with Crippen molar-refractivity contribution in [2.24, 2.45) is 0 Å². The lowest BCUT2D eigenvalue weighted by Gasteiger charge is -2.16. The minimum absolute atomic E-state index is 0.0159. The Kier molecular flexibility index (Phi) is 4.81. The minimum Gasteiger partial charge on any atom is -0.444 e. The molecule has 0 radical (unpaired) electrons. The van der Waals surface area contributed by atoms with Gasteiger partial charge in [0.05, 0.1) is 17.4 Å². The van der Waals surface area contributed by atoms with Gasteiger partial charge in [0.25, 0.3) is 5.56 Å². The number of aromatic nitrogens is 4. The Morgan fingerprint density at radius 3 is 2.55 bits per heavy atom. The molecule has 5 aromatic rings. The van der Waals surface area contributed by atoms with E-state index in [2.05, 4.69) is 15.1 Å². The predicted molar refractivity (Wildman–Crippen MR) is 116 cm³/mol. The molecule has 0 saturated heterocycles. The summed E-state index contributed by atoms with van der Waals surface area (Å²) in [5.41, 5.74) is 0.438. The summed E-state index contributed by atoms with van der Waals surface area (Å²) in [6, 6.07) is 13.6. The molecule has 0 spiro atoms. The van der Waals surface area contributed by atoms with Crippen LogP contribution in [0, 0.1) is 6.92 Å². The second kappa shape index (κ2) is 7.70. The highest BCUT2D eigenvalue weighted by Crippen LogP contribution is 2.34. The summed E-state index contributed by atoms with van der Waals surface area (Å²) < 4.78 is 47.2. The van der Waals surface area contributed by atoms with Gasteiger partial charge in [-0.3, -0.25) is 9.78 Å². The number of rotatable bonds is 3. The Balaban J connectivity index is 1.83. The lowest BCUT2D eigenvalue weighted by molar-refractivity contribution is -0.137. The van der Waals surface area contributed by atoms with Crippen LogP contribution in [0.4, 0.5) is 13.2 Å². The van der Waals surface area contributed by atoms with E-state index in [9.17, 15) is 18.0 Å². The average Bonchev–Trinajstić information content (AvgIpc) is 3.34. The highest BCUT2D eigenvalue weighted by molar-refractivity contribution is 5.92. The van der Waals surface area contributed by atoms with Crippen molar-refractivity contribution < 1.29 is 17.6 Å². The van der Waals surface area contributed by atoms with Gasteiger partial charge >= 0.3 is 6.18 Å². The number of oxazole rings is 1. The zero-order valence-electron chi connectivity index (χ0n) is 17.2. The fourth-order valence-corrected chi connectivity index (χ4v) is 3.76. The molecule has 6 nitrogen and oxygen atoms in total. The number of fused-ring (bicyclic) bond motifs is 1. The predicted octanol–water partition coefficient (Wildman–Crippen LogP) is 5.43. The van der Waals surface area contributed by atoms with E-state index < -0.39 is 17.3 Å². The summed E-state index contributed by atoms with van der Waals surface area (Å²) in [6.45, 7) is 1.87. The van der Waals surface area contributed by atoms with Crippen LogP contribution in [0.15, 0.2) is 82.6 Å². The third kappa shape index (κ3) is 3.67. The number of pyridine rings is 1. The minimum atomic E-state index is -4.67. The van der Waals surface area contributed by atoms with Crippen LogP contribution in [-0.2, 0) is 6.18 Å². The lowest BCUT2D eigenvalue weighted by atomic mass is 10.0. The van der Waals surface area contributed by atoms with Crippen LogP contribution in [0.1, 0.15) is 11.1 Å². The first-order valence-electron chi connectivity index (χ1n) is 9.88. The van der Waals surface area contributed by atoms with Gasteiger partial charge in [0.15, 0.2) is 12.2 Å². The van der Waals surface area contributed by atoms with E-state index in [0.29, 0.717) is 22.4 Å². The third-order valence-corrected chi connectivity index (χ3v) is 5.16. The van der Waals surface area contributed by atoms with Crippen molar-refractivity contribution >= 4 is 10.9 Å². The second-order valence-corrected chi connectivity index (χ2v) is 7.43. The van der Waals surface area contributed by atoms with Gasteiger partial charge < -0.3 is 4.42 Å². The fraction of sp³-hybridized carbons (Fsp3) is 0.0833. The van der Waals surface area contributed by atoms with Gasteiger partial charge in [-0.2, -0.15) is 23.0 Å². The van der Waals surface area contributed by atoms with Crippen LogP contribution in [-0.4, -0.2) is 19.7 Å². The standard InChI is InChI=1S/C24H15F3N4O2/c1-14-9-15(20-12-28-13-33-20)11-16(10-14)21-17-5-4-8-29-22(17)23(32)31(30-21)19-7-3-2-6-18(19)24(25,26)27/h2-13H,1H3. The van der Waals surface area contributed by atoms with Crippen LogP contribution in [0.5, 0.6) is 0 Å². The average molecular weight is 448 g/mol. The first-order chi connectivity index (χ1) is 15.8. The molecule has 33 heavy (non-hydrogen) atoms. The smallest absolute Gasteiger partial charge is 0.418 e. The first kappa shape index (κ1) is 20.6. The summed E-state index contributed by atoms with van der Waals surface area (Å²) >= 11 is 0. The van der Waals surface area contributed by atoms with Gasteiger partial charge in [0, 0.05) is 22.7 Å².